The van der Waals surface area contributed by atoms with E-state index >= 15 is 0 Å². The third kappa shape index (κ3) is 3.97. The lowest BCUT2D eigenvalue weighted by atomic mass is 10.1. The van der Waals surface area contributed by atoms with Crippen LogP contribution in [-0.4, -0.2) is 30.4 Å². The van der Waals surface area contributed by atoms with Gasteiger partial charge in [-0.3, -0.25) is 9.69 Å². The van der Waals surface area contributed by atoms with Crippen LogP contribution in [0.1, 0.15) is 38.3 Å². The molecule has 1 aromatic rings. The van der Waals surface area contributed by atoms with Crippen LogP contribution in [0.5, 0.6) is 0 Å². The Morgan fingerprint density at radius 1 is 1.35 bits per heavy atom. The topological polar surface area (TPSA) is 32.3 Å². The van der Waals surface area contributed by atoms with E-state index in [4.69, 9.17) is 11.6 Å². The lowest BCUT2D eigenvalue weighted by Crippen LogP contribution is -2.38. The molecule has 1 fully saturated rings. The Morgan fingerprint density at radius 2 is 2.05 bits per heavy atom. The van der Waals surface area contributed by atoms with E-state index in [1.807, 2.05) is 32.0 Å². The lowest BCUT2D eigenvalue weighted by molar-refractivity contribution is -0.124. The summed E-state index contributed by atoms with van der Waals surface area (Å²) in [5, 5.41) is 3.81. The summed E-state index contributed by atoms with van der Waals surface area (Å²) in [5.41, 5.74) is 1.18. The standard InChI is InChI=1S/C16H23ClN2O/c1-12(2)16(20)18-11-15(19-8-3-4-9-19)13-6-5-7-14(17)10-13/h5-7,10,12,15H,3-4,8-9,11H2,1-2H3,(H,18,20). The van der Waals surface area contributed by atoms with Crippen LogP contribution in [0.3, 0.4) is 0 Å². The van der Waals surface area contributed by atoms with E-state index in [9.17, 15) is 4.79 Å². The van der Waals surface area contributed by atoms with Crippen LogP contribution in [0, 0.1) is 5.92 Å². The summed E-state index contributed by atoms with van der Waals surface area (Å²) in [4.78, 5) is 14.2. The molecule has 110 valence electrons. The van der Waals surface area contributed by atoms with Gasteiger partial charge in [-0.1, -0.05) is 37.6 Å². The van der Waals surface area contributed by atoms with Gasteiger partial charge >= 0.3 is 0 Å². The maximum atomic E-state index is 11.8. The fourth-order valence-electron chi connectivity index (χ4n) is 2.63. The number of carbonyl (C=O) groups excluding carboxylic acids is 1. The van der Waals surface area contributed by atoms with Gasteiger partial charge in [-0.2, -0.15) is 0 Å². The van der Waals surface area contributed by atoms with Crippen molar-refractivity contribution >= 4 is 17.5 Å². The van der Waals surface area contributed by atoms with Crippen molar-refractivity contribution in [1.82, 2.24) is 10.2 Å². The highest BCUT2D eigenvalue weighted by molar-refractivity contribution is 6.30. The molecular formula is C16H23ClN2O. The van der Waals surface area contributed by atoms with E-state index < -0.39 is 0 Å². The molecule has 3 nitrogen and oxygen atoms in total. The molecule has 0 radical (unpaired) electrons. The number of nitrogens with one attached hydrogen (secondary N) is 1. The van der Waals surface area contributed by atoms with Crippen molar-refractivity contribution in [3.8, 4) is 0 Å². The van der Waals surface area contributed by atoms with E-state index in [1.165, 1.54) is 18.4 Å². The predicted molar refractivity (Wildman–Crippen MR) is 82.8 cm³/mol. The number of nitrogens with zero attached hydrogens (tertiary/aromatic N) is 1. The van der Waals surface area contributed by atoms with Crippen molar-refractivity contribution in [2.24, 2.45) is 5.92 Å². The average molecular weight is 295 g/mol. The molecule has 1 saturated heterocycles. The Bertz CT molecular complexity index is 456. The summed E-state index contributed by atoms with van der Waals surface area (Å²) in [6.07, 6.45) is 2.46. The minimum absolute atomic E-state index is 0.0218. The van der Waals surface area contributed by atoms with Crippen molar-refractivity contribution in [2.75, 3.05) is 19.6 Å². The zero-order chi connectivity index (χ0) is 14.5. The lowest BCUT2D eigenvalue weighted by Gasteiger charge is -2.28. The molecule has 0 spiro atoms. The van der Waals surface area contributed by atoms with Gasteiger partial charge in [-0.05, 0) is 43.6 Å². The summed E-state index contributed by atoms with van der Waals surface area (Å²) in [7, 11) is 0. The Labute approximate surface area is 126 Å². The molecule has 4 heteroatoms. The van der Waals surface area contributed by atoms with Crippen LogP contribution in [0.2, 0.25) is 5.02 Å². The van der Waals surface area contributed by atoms with Crippen LogP contribution in [0.25, 0.3) is 0 Å². The largest absolute Gasteiger partial charge is 0.354 e. The molecule has 1 aliphatic heterocycles. The first-order valence-electron chi connectivity index (χ1n) is 7.35. The molecule has 1 heterocycles. The van der Waals surface area contributed by atoms with Gasteiger partial charge in [0.1, 0.15) is 0 Å². The number of amides is 1. The summed E-state index contributed by atoms with van der Waals surface area (Å²) in [6.45, 7) is 6.67. The Kier molecular flexibility index (Phi) is 5.44. The number of benzene rings is 1. The third-order valence-corrected chi connectivity index (χ3v) is 4.04. The van der Waals surface area contributed by atoms with Crippen molar-refractivity contribution < 1.29 is 4.79 Å². The molecule has 1 N–H and O–H groups in total. The minimum atomic E-state index is 0.0218. The summed E-state index contributed by atoms with van der Waals surface area (Å²) in [6, 6.07) is 8.19. The van der Waals surface area contributed by atoms with Crippen LogP contribution < -0.4 is 5.32 Å². The van der Waals surface area contributed by atoms with Crippen molar-refractivity contribution in [1.29, 1.82) is 0 Å². The molecule has 0 bridgehead atoms. The second-order valence-electron chi connectivity index (χ2n) is 5.71. The molecule has 1 aliphatic rings. The molecule has 0 saturated carbocycles. The monoisotopic (exact) mass is 294 g/mol. The number of hydrogen-bond acceptors (Lipinski definition) is 2. The first-order chi connectivity index (χ1) is 9.58. The fraction of sp³-hybridized carbons (Fsp3) is 0.562. The molecule has 0 aromatic heterocycles. The van der Waals surface area contributed by atoms with Crippen LogP contribution in [0.4, 0.5) is 0 Å². The van der Waals surface area contributed by atoms with E-state index in [-0.39, 0.29) is 17.9 Å². The first-order valence-corrected chi connectivity index (χ1v) is 7.73. The molecule has 1 aromatic carbocycles. The zero-order valence-corrected chi connectivity index (χ0v) is 13.0. The van der Waals surface area contributed by atoms with E-state index in [2.05, 4.69) is 16.3 Å². The smallest absolute Gasteiger partial charge is 0.222 e. The third-order valence-electron chi connectivity index (χ3n) is 3.81. The summed E-state index contributed by atoms with van der Waals surface area (Å²) in [5.74, 6) is 0.129. The van der Waals surface area contributed by atoms with Gasteiger partial charge in [0.15, 0.2) is 0 Å². The van der Waals surface area contributed by atoms with Gasteiger partial charge in [0.2, 0.25) is 5.91 Å². The van der Waals surface area contributed by atoms with Gasteiger partial charge in [0, 0.05) is 17.5 Å². The molecule has 0 aliphatic carbocycles. The molecule has 1 unspecified atom stereocenters. The Balaban J connectivity index is 2.10. The van der Waals surface area contributed by atoms with Gasteiger partial charge in [-0.25, -0.2) is 0 Å². The maximum absolute atomic E-state index is 11.8. The quantitative estimate of drug-likeness (QED) is 0.904. The van der Waals surface area contributed by atoms with E-state index in [0.717, 1.165) is 18.1 Å². The molecule has 1 amide bonds. The Hall–Kier alpha value is -1.06. The van der Waals surface area contributed by atoms with Crippen molar-refractivity contribution in [3.63, 3.8) is 0 Å². The van der Waals surface area contributed by atoms with E-state index in [1.54, 1.807) is 0 Å². The Morgan fingerprint density at radius 3 is 2.65 bits per heavy atom. The van der Waals surface area contributed by atoms with Gasteiger partial charge in [0.05, 0.1) is 6.04 Å². The van der Waals surface area contributed by atoms with Crippen molar-refractivity contribution in [3.05, 3.63) is 34.9 Å². The van der Waals surface area contributed by atoms with E-state index in [0.29, 0.717) is 6.54 Å². The zero-order valence-electron chi connectivity index (χ0n) is 12.2. The minimum Gasteiger partial charge on any atom is -0.354 e. The average Bonchev–Trinajstić information content (AvgIpc) is 2.92. The fourth-order valence-corrected chi connectivity index (χ4v) is 2.83. The second kappa shape index (κ2) is 7.09. The van der Waals surface area contributed by atoms with Crippen LogP contribution >= 0.6 is 11.6 Å². The number of hydrogen-bond donors (Lipinski definition) is 1. The van der Waals surface area contributed by atoms with Gasteiger partial charge in [-0.15, -0.1) is 0 Å². The number of halogens is 1. The van der Waals surface area contributed by atoms with Crippen LogP contribution in [0.15, 0.2) is 24.3 Å². The van der Waals surface area contributed by atoms with Crippen molar-refractivity contribution in [2.45, 2.75) is 32.7 Å². The van der Waals surface area contributed by atoms with Crippen LogP contribution in [-0.2, 0) is 4.79 Å². The molecule has 1 atom stereocenters. The highest BCUT2D eigenvalue weighted by atomic mass is 35.5. The molecular weight excluding hydrogens is 272 g/mol. The summed E-state index contributed by atoms with van der Waals surface area (Å²) >= 11 is 6.10. The highest BCUT2D eigenvalue weighted by Gasteiger charge is 2.24. The number of rotatable bonds is 5. The summed E-state index contributed by atoms with van der Waals surface area (Å²) < 4.78 is 0. The second-order valence-corrected chi connectivity index (χ2v) is 6.15. The van der Waals surface area contributed by atoms with Gasteiger partial charge in [0.25, 0.3) is 0 Å². The highest BCUT2D eigenvalue weighted by Crippen LogP contribution is 2.26. The number of likely N-dealkylation sites (tertiary alicyclic amines) is 1. The normalized spacial score (nSPS) is 17.4. The maximum Gasteiger partial charge on any atom is 0.222 e. The number of carbonyl (C=O) groups is 1. The van der Waals surface area contributed by atoms with Gasteiger partial charge < -0.3 is 5.32 Å². The first kappa shape index (κ1) is 15.3. The SMILES string of the molecule is CC(C)C(=O)NCC(c1cccc(Cl)c1)N1CCCC1. The molecule has 20 heavy (non-hydrogen) atoms. The molecule has 2 rings (SSSR count). The predicted octanol–water partition coefficient (Wildman–Crippen LogP) is 3.25.